The standard InChI is InChI=1S/C13H19NO/c1-11-5-7-12(8-6-11)13-4-2-3-9-14(13)10-15/h5-8,13,15H,2-4,9-10H2,1H3. The van der Waals surface area contributed by atoms with Crippen molar-refractivity contribution < 1.29 is 5.11 Å². The third-order valence-corrected chi connectivity index (χ3v) is 3.26. The average Bonchev–Trinajstić information content (AvgIpc) is 2.30. The Bertz CT molecular complexity index is 307. The van der Waals surface area contributed by atoms with Gasteiger partial charge in [0.2, 0.25) is 0 Å². The summed E-state index contributed by atoms with van der Waals surface area (Å²) in [7, 11) is 0. The first-order valence-corrected chi connectivity index (χ1v) is 5.73. The van der Waals surface area contributed by atoms with E-state index in [1.165, 1.54) is 30.4 Å². The van der Waals surface area contributed by atoms with E-state index >= 15 is 0 Å². The van der Waals surface area contributed by atoms with Crippen molar-refractivity contribution in [1.29, 1.82) is 0 Å². The van der Waals surface area contributed by atoms with E-state index in [1.54, 1.807) is 0 Å². The van der Waals surface area contributed by atoms with E-state index in [0.29, 0.717) is 6.04 Å². The molecule has 1 fully saturated rings. The lowest BCUT2D eigenvalue weighted by atomic mass is 9.95. The maximum Gasteiger partial charge on any atom is 0.0961 e. The predicted molar refractivity (Wildman–Crippen MR) is 61.6 cm³/mol. The van der Waals surface area contributed by atoms with Gasteiger partial charge in [-0.2, -0.15) is 0 Å². The molecule has 0 radical (unpaired) electrons. The lowest BCUT2D eigenvalue weighted by molar-refractivity contribution is 0.0436. The topological polar surface area (TPSA) is 23.5 Å². The van der Waals surface area contributed by atoms with Gasteiger partial charge in [0.15, 0.2) is 0 Å². The maximum atomic E-state index is 9.30. The van der Waals surface area contributed by atoms with Crippen LogP contribution in [0.5, 0.6) is 0 Å². The van der Waals surface area contributed by atoms with E-state index in [1.807, 2.05) is 0 Å². The molecule has 1 aromatic carbocycles. The fraction of sp³-hybridized carbons (Fsp3) is 0.538. The lowest BCUT2D eigenvalue weighted by Gasteiger charge is -2.34. The Balaban J connectivity index is 2.16. The van der Waals surface area contributed by atoms with Crippen LogP contribution in [0.2, 0.25) is 0 Å². The van der Waals surface area contributed by atoms with E-state index in [0.717, 1.165) is 6.54 Å². The predicted octanol–water partition coefficient (Wildman–Crippen LogP) is 2.47. The Morgan fingerprint density at radius 1 is 1.27 bits per heavy atom. The highest BCUT2D eigenvalue weighted by atomic mass is 16.3. The van der Waals surface area contributed by atoms with Crippen molar-refractivity contribution in [2.24, 2.45) is 0 Å². The molecular weight excluding hydrogens is 186 g/mol. The van der Waals surface area contributed by atoms with Gasteiger partial charge < -0.3 is 5.11 Å². The van der Waals surface area contributed by atoms with Crippen LogP contribution >= 0.6 is 0 Å². The van der Waals surface area contributed by atoms with Crippen molar-refractivity contribution in [3.8, 4) is 0 Å². The summed E-state index contributed by atoms with van der Waals surface area (Å²) in [5.41, 5.74) is 2.64. The Morgan fingerprint density at radius 2 is 2.00 bits per heavy atom. The zero-order valence-corrected chi connectivity index (χ0v) is 9.32. The number of aliphatic hydroxyl groups excluding tert-OH is 1. The third kappa shape index (κ3) is 2.39. The van der Waals surface area contributed by atoms with Crippen LogP contribution in [0.3, 0.4) is 0 Å². The second-order valence-corrected chi connectivity index (χ2v) is 4.38. The lowest BCUT2D eigenvalue weighted by Crippen LogP contribution is -2.34. The highest BCUT2D eigenvalue weighted by Crippen LogP contribution is 2.30. The summed E-state index contributed by atoms with van der Waals surface area (Å²) in [6.45, 7) is 3.31. The minimum atomic E-state index is 0.179. The molecule has 1 unspecified atom stereocenters. The minimum absolute atomic E-state index is 0.179. The van der Waals surface area contributed by atoms with Crippen LogP contribution in [-0.2, 0) is 0 Å². The van der Waals surface area contributed by atoms with Crippen LogP contribution in [-0.4, -0.2) is 23.3 Å². The normalized spacial score (nSPS) is 22.9. The van der Waals surface area contributed by atoms with Crippen molar-refractivity contribution in [2.75, 3.05) is 13.3 Å². The molecule has 1 saturated heterocycles. The van der Waals surface area contributed by atoms with Gasteiger partial charge in [-0.05, 0) is 25.3 Å². The van der Waals surface area contributed by atoms with Crippen LogP contribution in [0.25, 0.3) is 0 Å². The number of benzene rings is 1. The Labute approximate surface area is 91.5 Å². The molecule has 0 saturated carbocycles. The summed E-state index contributed by atoms with van der Waals surface area (Å²) in [5, 5.41) is 9.30. The van der Waals surface area contributed by atoms with Crippen LogP contribution in [0.1, 0.15) is 36.4 Å². The third-order valence-electron chi connectivity index (χ3n) is 3.26. The first-order valence-electron chi connectivity index (χ1n) is 5.73. The zero-order valence-electron chi connectivity index (χ0n) is 9.32. The zero-order chi connectivity index (χ0) is 10.7. The SMILES string of the molecule is Cc1ccc(C2CCCCN2CO)cc1. The number of hydrogen-bond acceptors (Lipinski definition) is 2. The molecule has 1 heterocycles. The molecule has 1 aliphatic heterocycles. The van der Waals surface area contributed by atoms with E-state index in [2.05, 4.69) is 36.1 Å². The van der Waals surface area contributed by atoms with E-state index in [9.17, 15) is 5.11 Å². The maximum absolute atomic E-state index is 9.30. The summed E-state index contributed by atoms with van der Waals surface area (Å²) in [4.78, 5) is 2.16. The van der Waals surface area contributed by atoms with E-state index < -0.39 is 0 Å². The fourth-order valence-electron chi connectivity index (χ4n) is 2.33. The molecule has 0 aromatic heterocycles. The van der Waals surface area contributed by atoms with Gasteiger partial charge in [0, 0.05) is 12.6 Å². The molecule has 0 bridgehead atoms. The largest absolute Gasteiger partial charge is 0.381 e. The second-order valence-electron chi connectivity index (χ2n) is 4.38. The molecular formula is C13H19NO. The molecule has 82 valence electrons. The van der Waals surface area contributed by atoms with E-state index in [-0.39, 0.29) is 6.73 Å². The molecule has 2 nitrogen and oxygen atoms in total. The monoisotopic (exact) mass is 205 g/mol. The van der Waals surface area contributed by atoms with Crippen molar-refractivity contribution >= 4 is 0 Å². The average molecular weight is 205 g/mol. The molecule has 2 rings (SSSR count). The van der Waals surface area contributed by atoms with Crippen molar-refractivity contribution in [3.05, 3.63) is 35.4 Å². The summed E-state index contributed by atoms with van der Waals surface area (Å²) >= 11 is 0. The van der Waals surface area contributed by atoms with Crippen molar-refractivity contribution in [1.82, 2.24) is 4.90 Å². The summed E-state index contributed by atoms with van der Waals surface area (Å²) in [5.74, 6) is 0. The van der Waals surface area contributed by atoms with Crippen LogP contribution in [0, 0.1) is 6.92 Å². The molecule has 1 aromatic rings. The molecule has 0 aliphatic carbocycles. The highest BCUT2D eigenvalue weighted by Gasteiger charge is 2.22. The van der Waals surface area contributed by atoms with Crippen molar-refractivity contribution in [2.45, 2.75) is 32.2 Å². The molecule has 1 aliphatic rings. The Hall–Kier alpha value is -0.860. The number of nitrogens with zero attached hydrogens (tertiary/aromatic N) is 1. The summed E-state index contributed by atoms with van der Waals surface area (Å²) < 4.78 is 0. The molecule has 1 N–H and O–H groups in total. The molecule has 15 heavy (non-hydrogen) atoms. The van der Waals surface area contributed by atoms with Gasteiger partial charge in [-0.3, -0.25) is 4.90 Å². The number of aliphatic hydroxyl groups is 1. The van der Waals surface area contributed by atoms with Crippen LogP contribution in [0.15, 0.2) is 24.3 Å². The van der Waals surface area contributed by atoms with Gasteiger partial charge in [-0.15, -0.1) is 0 Å². The molecule has 0 spiro atoms. The number of rotatable bonds is 2. The fourth-order valence-corrected chi connectivity index (χ4v) is 2.33. The Kier molecular flexibility index (Phi) is 3.39. The van der Waals surface area contributed by atoms with E-state index in [4.69, 9.17) is 0 Å². The number of aryl methyl sites for hydroxylation is 1. The first kappa shape index (κ1) is 10.7. The minimum Gasteiger partial charge on any atom is -0.381 e. The van der Waals surface area contributed by atoms with Gasteiger partial charge >= 0.3 is 0 Å². The van der Waals surface area contributed by atoms with Gasteiger partial charge in [-0.1, -0.05) is 36.2 Å². The van der Waals surface area contributed by atoms with Gasteiger partial charge in [0.25, 0.3) is 0 Å². The summed E-state index contributed by atoms with van der Waals surface area (Å²) in [6.07, 6.45) is 3.65. The smallest absolute Gasteiger partial charge is 0.0961 e. The molecule has 2 heteroatoms. The number of piperidine rings is 1. The van der Waals surface area contributed by atoms with Crippen LogP contribution in [0.4, 0.5) is 0 Å². The van der Waals surface area contributed by atoms with Gasteiger partial charge in [0.1, 0.15) is 0 Å². The second kappa shape index (κ2) is 4.77. The van der Waals surface area contributed by atoms with Crippen LogP contribution < -0.4 is 0 Å². The Morgan fingerprint density at radius 3 is 2.67 bits per heavy atom. The quantitative estimate of drug-likeness (QED) is 0.801. The number of likely N-dealkylation sites (tertiary alicyclic amines) is 1. The van der Waals surface area contributed by atoms with Gasteiger partial charge in [-0.25, -0.2) is 0 Å². The molecule has 1 atom stereocenters. The van der Waals surface area contributed by atoms with Gasteiger partial charge in [0.05, 0.1) is 6.73 Å². The van der Waals surface area contributed by atoms with Crippen molar-refractivity contribution in [3.63, 3.8) is 0 Å². The first-order chi connectivity index (χ1) is 7.31. The number of hydrogen-bond donors (Lipinski definition) is 1. The molecule has 0 amide bonds. The summed E-state index contributed by atoms with van der Waals surface area (Å²) in [6, 6.07) is 9.10. The highest BCUT2D eigenvalue weighted by molar-refractivity contribution is 5.24.